The lowest BCUT2D eigenvalue weighted by Crippen LogP contribution is -2.05. The smallest absolute Gasteiger partial charge is 0.202 e. The number of benzene rings is 1. The van der Waals surface area contributed by atoms with Crippen molar-refractivity contribution in [1.29, 1.82) is 0 Å². The van der Waals surface area contributed by atoms with Gasteiger partial charge in [-0.3, -0.25) is 4.79 Å². The van der Waals surface area contributed by atoms with Crippen LogP contribution in [-0.2, 0) is 6.42 Å². The molecule has 0 radical (unpaired) electrons. The van der Waals surface area contributed by atoms with Gasteiger partial charge in [-0.1, -0.05) is 6.07 Å². The summed E-state index contributed by atoms with van der Waals surface area (Å²) < 4.78 is 13.3. The van der Waals surface area contributed by atoms with Gasteiger partial charge in [-0.2, -0.15) is 0 Å². The molecule has 0 fully saturated rings. The predicted octanol–water partition coefficient (Wildman–Crippen LogP) is 2.74. The molecule has 0 saturated carbocycles. The Morgan fingerprint density at radius 1 is 1.50 bits per heavy atom. The number of carbonyl (C=O) groups is 1. The second kappa shape index (κ2) is 4.57. The quantitative estimate of drug-likeness (QED) is 0.880. The molecule has 16 heavy (non-hydrogen) atoms. The number of H-pyrrole nitrogens is 1. The zero-order valence-corrected chi connectivity index (χ0v) is 9.79. The molecule has 0 unspecified atom stereocenters. The van der Waals surface area contributed by atoms with E-state index in [2.05, 4.69) is 25.9 Å². The molecule has 0 bridgehead atoms. The molecule has 1 heterocycles. The van der Waals surface area contributed by atoms with Gasteiger partial charge in [0.1, 0.15) is 5.82 Å². The van der Waals surface area contributed by atoms with Gasteiger partial charge >= 0.3 is 0 Å². The highest BCUT2D eigenvalue weighted by atomic mass is 79.9. The number of hydrogen-bond acceptors (Lipinski definition) is 2. The first kappa shape index (κ1) is 11.0. The molecular formula is C11H8BrFN2O. The Bertz CT molecular complexity index is 511. The number of nitrogens with one attached hydrogen (secondary N) is 1. The fourth-order valence-electron chi connectivity index (χ4n) is 1.34. The summed E-state index contributed by atoms with van der Waals surface area (Å²) in [6.45, 7) is 0. The third kappa shape index (κ3) is 2.36. The van der Waals surface area contributed by atoms with E-state index >= 15 is 0 Å². The number of nitrogens with zero attached hydrogens (tertiary/aromatic N) is 1. The lowest BCUT2D eigenvalue weighted by atomic mass is 10.1. The van der Waals surface area contributed by atoms with Gasteiger partial charge in [-0.15, -0.1) is 0 Å². The van der Waals surface area contributed by atoms with Crippen LogP contribution in [0.15, 0.2) is 35.1 Å². The molecule has 0 atom stereocenters. The summed E-state index contributed by atoms with van der Waals surface area (Å²) in [4.78, 5) is 18.3. The van der Waals surface area contributed by atoms with E-state index in [-0.39, 0.29) is 18.0 Å². The summed E-state index contributed by atoms with van der Waals surface area (Å²) in [6.07, 6.45) is 3.31. The Labute approximate surface area is 99.8 Å². The molecule has 1 N–H and O–H groups in total. The molecule has 3 nitrogen and oxygen atoms in total. The van der Waals surface area contributed by atoms with Crippen LogP contribution in [-0.4, -0.2) is 15.8 Å². The number of halogens is 2. The molecule has 1 aromatic carbocycles. The van der Waals surface area contributed by atoms with Crippen molar-refractivity contribution >= 4 is 21.7 Å². The van der Waals surface area contributed by atoms with Crippen LogP contribution >= 0.6 is 15.9 Å². The number of ketones is 1. The molecule has 0 aliphatic carbocycles. The van der Waals surface area contributed by atoms with Crippen LogP contribution < -0.4 is 0 Å². The zero-order valence-electron chi connectivity index (χ0n) is 8.21. The van der Waals surface area contributed by atoms with Crippen molar-refractivity contribution in [1.82, 2.24) is 9.97 Å². The van der Waals surface area contributed by atoms with E-state index in [1.54, 1.807) is 18.3 Å². The number of hydrogen-bond donors (Lipinski definition) is 1. The molecule has 82 valence electrons. The molecule has 5 heteroatoms. The molecule has 0 aliphatic heterocycles. The number of rotatable bonds is 3. The second-order valence-corrected chi connectivity index (χ2v) is 4.14. The van der Waals surface area contributed by atoms with Gasteiger partial charge in [0.2, 0.25) is 5.78 Å². The van der Waals surface area contributed by atoms with Crippen molar-refractivity contribution in [3.05, 3.63) is 52.3 Å². The van der Waals surface area contributed by atoms with Crippen molar-refractivity contribution in [2.75, 3.05) is 0 Å². The summed E-state index contributed by atoms with van der Waals surface area (Å²) in [6, 6.07) is 4.51. The number of aromatic amines is 1. The minimum atomic E-state index is -0.339. The first-order valence-corrected chi connectivity index (χ1v) is 5.42. The fraction of sp³-hybridized carbons (Fsp3) is 0.0909. The SMILES string of the molecule is O=C(Cc1ccc(F)c(Br)c1)c1ncc[nH]1. The van der Waals surface area contributed by atoms with Crippen molar-refractivity contribution in [2.24, 2.45) is 0 Å². The van der Waals surface area contributed by atoms with Gasteiger partial charge in [0, 0.05) is 18.8 Å². The van der Waals surface area contributed by atoms with E-state index in [1.807, 2.05) is 0 Å². The Hall–Kier alpha value is -1.49. The van der Waals surface area contributed by atoms with E-state index in [9.17, 15) is 9.18 Å². The molecular weight excluding hydrogens is 275 g/mol. The normalized spacial score (nSPS) is 10.4. The first-order valence-electron chi connectivity index (χ1n) is 4.63. The molecule has 0 aliphatic rings. The average Bonchev–Trinajstić information content (AvgIpc) is 2.77. The van der Waals surface area contributed by atoms with E-state index in [0.29, 0.717) is 10.3 Å². The fourth-order valence-corrected chi connectivity index (χ4v) is 1.76. The van der Waals surface area contributed by atoms with Crippen LogP contribution in [0.5, 0.6) is 0 Å². The summed E-state index contributed by atoms with van der Waals surface area (Å²) in [5, 5.41) is 0. The van der Waals surface area contributed by atoms with Crippen LogP contribution in [0.2, 0.25) is 0 Å². The minimum absolute atomic E-state index is 0.122. The third-order valence-corrected chi connectivity index (χ3v) is 2.72. The highest BCUT2D eigenvalue weighted by Crippen LogP contribution is 2.17. The number of aromatic nitrogens is 2. The summed E-state index contributed by atoms with van der Waals surface area (Å²) in [7, 11) is 0. The van der Waals surface area contributed by atoms with Gasteiger partial charge in [0.25, 0.3) is 0 Å². The highest BCUT2D eigenvalue weighted by molar-refractivity contribution is 9.10. The Balaban J connectivity index is 2.15. The monoisotopic (exact) mass is 282 g/mol. The Morgan fingerprint density at radius 2 is 2.31 bits per heavy atom. The van der Waals surface area contributed by atoms with Gasteiger partial charge in [0.15, 0.2) is 5.82 Å². The van der Waals surface area contributed by atoms with Crippen LogP contribution in [0.1, 0.15) is 16.2 Å². The van der Waals surface area contributed by atoms with E-state index in [1.165, 1.54) is 12.3 Å². The molecule has 0 spiro atoms. The summed E-state index contributed by atoms with van der Waals surface area (Å²) in [5.74, 6) is -0.141. The minimum Gasteiger partial charge on any atom is -0.342 e. The van der Waals surface area contributed by atoms with Gasteiger partial charge in [-0.05, 0) is 33.6 Å². The third-order valence-electron chi connectivity index (χ3n) is 2.11. The second-order valence-electron chi connectivity index (χ2n) is 3.29. The van der Waals surface area contributed by atoms with Crippen LogP contribution in [0.4, 0.5) is 4.39 Å². The van der Waals surface area contributed by atoms with Crippen molar-refractivity contribution < 1.29 is 9.18 Å². The largest absolute Gasteiger partial charge is 0.342 e. The van der Waals surface area contributed by atoms with Crippen LogP contribution in [0.25, 0.3) is 0 Å². The molecule has 2 rings (SSSR count). The molecule has 2 aromatic rings. The first-order chi connectivity index (χ1) is 7.66. The van der Waals surface area contributed by atoms with Crippen LogP contribution in [0, 0.1) is 5.82 Å². The zero-order chi connectivity index (χ0) is 11.5. The maximum atomic E-state index is 13.0. The Morgan fingerprint density at radius 3 is 2.94 bits per heavy atom. The Kier molecular flexibility index (Phi) is 3.14. The topological polar surface area (TPSA) is 45.8 Å². The molecule has 0 saturated heterocycles. The average molecular weight is 283 g/mol. The van der Waals surface area contributed by atoms with Gasteiger partial charge in [0.05, 0.1) is 4.47 Å². The van der Waals surface area contributed by atoms with Gasteiger partial charge in [-0.25, -0.2) is 9.37 Å². The predicted molar refractivity (Wildman–Crippen MR) is 60.7 cm³/mol. The lowest BCUT2D eigenvalue weighted by molar-refractivity contribution is 0.0984. The van der Waals surface area contributed by atoms with Crippen LogP contribution in [0.3, 0.4) is 0 Å². The summed E-state index contributed by atoms with van der Waals surface area (Å²) >= 11 is 3.07. The number of carbonyl (C=O) groups excluding carboxylic acids is 1. The van der Waals surface area contributed by atoms with Gasteiger partial charge < -0.3 is 4.98 Å². The summed E-state index contributed by atoms with van der Waals surface area (Å²) in [5.41, 5.74) is 0.745. The van der Waals surface area contributed by atoms with E-state index in [0.717, 1.165) is 5.56 Å². The van der Waals surface area contributed by atoms with Crippen molar-refractivity contribution in [3.63, 3.8) is 0 Å². The van der Waals surface area contributed by atoms with E-state index in [4.69, 9.17) is 0 Å². The molecule has 1 aromatic heterocycles. The number of Topliss-reactive ketones (excluding diaryl/α,β-unsaturated/α-hetero) is 1. The molecule has 0 amide bonds. The van der Waals surface area contributed by atoms with E-state index < -0.39 is 0 Å². The standard InChI is InChI=1S/C11H8BrFN2O/c12-8-5-7(1-2-9(8)13)6-10(16)11-14-3-4-15-11/h1-5H,6H2,(H,14,15). The maximum absolute atomic E-state index is 13.0. The van der Waals surface area contributed by atoms with Crippen molar-refractivity contribution in [2.45, 2.75) is 6.42 Å². The number of imidazole rings is 1. The lowest BCUT2D eigenvalue weighted by Gasteiger charge is -2.00. The maximum Gasteiger partial charge on any atom is 0.202 e. The van der Waals surface area contributed by atoms with Crippen molar-refractivity contribution in [3.8, 4) is 0 Å². The highest BCUT2D eigenvalue weighted by Gasteiger charge is 2.10.